The Morgan fingerprint density at radius 2 is 1.66 bits per heavy atom. The van der Waals surface area contributed by atoms with Crippen molar-refractivity contribution in [3.05, 3.63) is 65.6 Å². The van der Waals surface area contributed by atoms with Gasteiger partial charge in [-0.1, -0.05) is 30.7 Å². The number of pyridine rings is 1. The Balaban J connectivity index is 1.00. The zero-order valence-electron chi connectivity index (χ0n) is 27.5. The molecular weight excluding hydrogens is 594 g/mol. The second-order valence-electron chi connectivity index (χ2n) is 13.7. The van der Waals surface area contributed by atoms with E-state index in [2.05, 4.69) is 21.3 Å². The number of para-hydroxylation sites is 1. The number of piperidine rings is 3. The number of urea groups is 1. The average Bonchev–Trinajstić information content (AvgIpc) is 3.52. The van der Waals surface area contributed by atoms with Gasteiger partial charge in [0.2, 0.25) is 0 Å². The summed E-state index contributed by atoms with van der Waals surface area (Å²) in [5, 5.41) is 3.06. The number of anilines is 1. The number of nitrogens with one attached hydrogen (secondary N) is 1. The number of carbonyl (C=O) groups excluding carboxylic acids is 3. The van der Waals surface area contributed by atoms with E-state index in [0.717, 1.165) is 60.4 Å². The maximum Gasteiger partial charge on any atom is 0.410 e. The number of ether oxygens (including phenoxy) is 1. The molecule has 11 heteroatoms. The third-order valence-electron chi connectivity index (χ3n) is 10.7. The van der Waals surface area contributed by atoms with Crippen LogP contribution in [0.3, 0.4) is 0 Å². The fraction of sp³-hybridized carbons (Fsp3) is 0.556. The molecule has 0 aliphatic carbocycles. The Bertz CT molecular complexity index is 1580. The first kappa shape index (κ1) is 31.5. The van der Waals surface area contributed by atoms with E-state index in [0.29, 0.717) is 58.0 Å². The van der Waals surface area contributed by atoms with Crippen molar-refractivity contribution in [2.45, 2.75) is 82.9 Å². The van der Waals surface area contributed by atoms with Crippen LogP contribution in [0.1, 0.15) is 61.6 Å². The summed E-state index contributed by atoms with van der Waals surface area (Å²) in [5.74, 6) is -0.116. The van der Waals surface area contributed by atoms with E-state index in [1.807, 2.05) is 57.8 Å². The molecule has 6 heterocycles. The molecule has 47 heavy (non-hydrogen) atoms. The molecule has 0 saturated carbocycles. The van der Waals surface area contributed by atoms with Gasteiger partial charge in [-0.3, -0.25) is 4.79 Å². The fourth-order valence-corrected chi connectivity index (χ4v) is 8.02. The molecule has 3 fully saturated rings. The lowest BCUT2D eigenvalue weighted by Gasteiger charge is -2.41. The van der Waals surface area contributed by atoms with E-state index in [-0.39, 0.29) is 18.0 Å². The highest BCUT2D eigenvalue weighted by Gasteiger charge is 2.36. The van der Waals surface area contributed by atoms with Crippen molar-refractivity contribution < 1.29 is 19.1 Å². The van der Waals surface area contributed by atoms with Gasteiger partial charge in [-0.05, 0) is 87.7 Å². The second kappa shape index (κ2) is 13.9. The van der Waals surface area contributed by atoms with Crippen LogP contribution >= 0.6 is 0 Å². The smallest absolute Gasteiger partial charge is 0.410 e. The van der Waals surface area contributed by atoms with Crippen LogP contribution in [0.15, 0.2) is 48.9 Å². The first-order valence-electron chi connectivity index (χ1n) is 17.5. The number of aromatic nitrogens is 2. The van der Waals surface area contributed by atoms with Gasteiger partial charge in [-0.15, -0.1) is 0 Å². The van der Waals surface area contributed by atoms with Crippen LogP contribution in [-0.2, 0) is 22.4 Å². The minimum Gasteiger partial charge on any atom is -0.436 e. The van der Waals surface area contributed by atoms with Crippen molar-refractivity contribution in [3.63, 3.8) is 0 Å². The van der Waals surface area contributed by atoms with Crippen molar-refractivity contribution in [2.75, 3.05) is 51.1 Å². The third-order valence-corrected chi connectivity index (χ3v) is 10.7. The molecule has 7 rings (SSSR count). The van der Waals surface area contributed by atoms with Crippen LogP contribution in [0, 0.1) is 6.92 Å². The van der Waals surface area contributed by atoms with Crippen molar-refractivity contribution in [2.24, 2.45) is 0 Å². The van der Waals surface area contributed by atoms with Crippen LogP contribution < -0.4 is 5.32 Å². The normalized spacial score (nSPS) is 20.9. The number of hydrogen-bond donors (Lipinski definition) is 1. The van der Waals surface area contributed by atoms with Gasteiger partial charge in [-0.25, -0.2) is 14.6 Å². The summed E-state index contributed by atoms with van der Waals surface area (Å²) < 4.78 is 8.08. The number of rotatable bonds is 6. The van der Waals surface area contributed by atoms with Gasteiger partial charge in [-0.2, -0.15) is 0 Å². The maximum atomic E-state index is 14.1. The zero-order chi connectivity index (χ0) is 32.3. The standard InChI is InChI=1S/C36H47N7O4/c1-26-23-27(25-42-22-14-37-33(26)42)24-32(34(44)40-17-10-29(11-18-40)39-15-5-2-6-16-39)47-36(46)41-19-12-30(13-20-41)43-21-9-28-7-3-4-8-31(28)38-35(43)45/h3-4,7-8,14,22-23,25,29-30,32H,2,5-6,9-13,15-21,24H2,1H3,(H,38,45)/t32-/m1/s1. The van der Waals surface area contributed by atoms with Gasteiger partial charge in [0, 0.05) is 75.5 Å². The second-order valence-corrected chi connectivity index (χ2v) is 13.7. The van der Waals surface area contributed by atoms with Gasteiger partial charge in [0.1, 0.15) is 5.65 Å². The first-order valence-corrected chi connectivity index (χ1v) is 17.5. The lowest BCUT2D eigenvalue weighted by molar-refractivity contribution is -0.142. The molecule has 0 spiro atoms. The van der Waals surface area contributed by atoms with Gasteiger partial charge in [0.15, 0.2) is 6.10 Å². The van der Waals surface area contributed by atoms with Gasteiger partial charge in [0.25, 0.3) is 5.91 Å². The van der Waals surface area contributed by atoms with Crippen LogP contribution in [0.5, 0.6) is 0 Å². The van der Waals surface area contributed by atoms with Crippen molar-refractivity contribution in [1.82, 2.24) is 29.0 Å². The Hall–Kier alpha value is -4.12. The maximum absolute atomic E-state index is 14.1. The largest absolute Gasteiger partial charge is 0.436 e. The Kier molecular flexibility index (Phi) is 9.33. The highest BCUT2D eigenvalue weighted by atomic mass is 16.6. The highest BCUT2D eigenvalue weighted by Crippen LogP contribution is 2.26. The number of nitrogens with zero attached hydrogens (tertiary/aromatic N) is 6. The van der Waals surface area contributed by atoms with Gasteiger partial charge >= 0.3 is 12.1 Å². The molecule has 11 nitrogen and oxygen atoms in total. The van der Waals surface area contributed by atoms with Gasteiger partial charge < -0.3 is 34.1 Å². The number of aryl methyl sites for hydroxylation is 1. The molecule has 0 bridgehead atoms. The quantitative estimate of drug-likeness (QED) is 0.418. The molecule has 4 aliphatic rings. The van der Waals surface area contributed by atoms with E-state index in [4.69, 9.17) is 4.74 Å². The molecule has 0 unspecified atom stereocenters. The summed E-state index contributed by atoms with van der Waals surface area (Å²) in [6, 6.07) is 10.4. The molecular formula is C36H47N7O4. The summed E-state index contributed by atoms with van der Waals surface area (Å²) >= 11 is 0. The number of benzene rings is 1. The number of amides is 4. The molecule has 4 amide bonds. The Labute approximate surface area is 276 Å². The summed E-state index contributed by atoms with van der Waals surface area (Å²) in [7, 11) is 0. The Morgan fingerprint density at radius 1 is 0.936 bits per heavy atom. The van der Waals surface area contributed by atoms with Crippen LogP contribution in [0.2, 0.25) is 0 Å². The topological polar surface area (TPSA) is 103 Å². The van der Waals surface area contributed by atoms with Crippen LogP contribution in [0.4, 0.5) is 15.3 Å². The number of hydrogen-bond acceptors (Lipinski definition) is 6. The molecule has 1 N–H and O–H groups in total. The summed E-state index contributed by atoms with van der Waals surface area (Å²) in [4.78, 5) is 53.4. The lowest BCUT2D eigenvalue weighted by Crippen LogP contribution is -2.53. The van der Waals surface area contributed by atoms with Crippen LogP contribution in [0.25, 0.3) is 5.65 Å². The van der Waals surface area contributed by atoms with E-state index in [1.165, 1.54) is 19.3 Å². The minimum absolute atomic E-state index is 0.0388. The number of imidazole rings is 1. The lowest BCUT2D eigenvalue weighted by atomic mass is 9.99. The number of likely N-dealkylation sites (tertiary alicyclic amines) is 3. The first-order chi connectivity index (χ1) is 22.9. The molecule has 250 valence electrons. The number of fused-ring (bicyclic) bond motifs is 2. The molecule has 3 saturated heterocycles. The predicted octanol–water partition coefficient (Wildman–Crippen LogP) is 4.72. The molecule has 3 aromatic rings. The van der Waals surface area contributed by atoms with Crippen molar-refractivity contribution in [3.8, 4) is 0 Å². The van der Waals surface area contributed by atoms with E-state index >= 15 is 0 Å². The molecule has 0 radical (unpaired) electrons. The third kappa shape index (κ3) is 6.95. The molecule has 4 aliphatic heterocycles. The number of carbonyl (C=O) groups is 3. The summed E-state index contributed by atoms with van der Waals surface area (Å²) in [6.45, 7) is 7.27. The SMILES string of the molecule is Cc1cc(C[C@@H](OC(=O)N2CCC(N3CCc4ccccc4NC3=O)CC2)C(=O)N2CCC(N3CCCCC3)CC2)cn2ccnc12. The summed E-state index contributed by atoms with van der Waals surface area (Å²) in [6.07, 6.45) is 12.4. The van der Waals surface area contributed by atoms with E-state index in [1.54, 1.807) is 11.1 Å². The zero-order valence-corrected chi connectivity index (χ0v) is 27.5. The van der Waals surface area contributed by atoms with E-state index in [9.17, 15) is 14.4 Å². The molecule has 1 aromatic carbocycles. The highest BCUT2D eigenvalue weighted by molar-refractivity contribution is 5.91. The van der Waals surface area contributed by atoms with Crippen molar-refractivity contribution >= 4 is 29.4 Å². The van der Waals surface area contributed by atoms with Crippen molar-refractivity contribution in [1.29, 1.82) is 0 Å². The summed E-state index contributed by atoms with van der Waals surface area (Å²) in [5.41, 5.74) is 4.82. The predicted molar refractivity (Wildman–Crippen MR) is 179 cm³/mol. The average molecular weight is 642 g/mol. The Morgan fingerprint density at radius 3 is 2.45 bits per heavy atom. The molecule has 2 aromatic heterocycles. The monoisotopic (exact) mass is 641 g/mol. The van der Waals surface area contributed by atoms with E-state index < -0.39 is 12.2 Å². The van der Waals surface area contributed by atoms with Gasteiger partial charge in [0.05, 0.1) is 0 Å². The van der Waals surface area contributed by atoms with Crippen LogP contribution in [-0.4, -0.2) is 111 Å². The minimum atomic E-state index is -0.915. The fourth-order valence-electron chi connectivity index (χ4n) is 8.02. The molecule has 1 atom stereocenters.